The van der Waals surface area contributed by atoms with Crippen molar-refractivity contribution in [3.8, 4) is 5.75 Å². The number of amidine groups is 1. The third-order valence-electron chi connectivity index (χ3n) is 2.78. The van der Waals surface area contributed by atoms with E-state index in [-0.39, 0.29) is 5.84 Å². The van der Waals surface area contributed by atoms with E-state index in [1.807, 2.05) is 18.2 Å². The van der Waals surface area contributed by atoms with E-state index in [1.165, 1.54) is 18.0 Å². The van der Waals surface area contributed by atoms with E-state index in [0.717, 1.165) is 16.8 Å². The molecule has 0 aliphatic heterocycles. The number of hydrogen-bond donors (Lipinski definition) is 3. The van der Waals surface area contributed by atoms with Crippen molar-refractivity contribution in [2.75, 3.05) is 7.11 Å². The Morgan fingerprint density at radius 3 is 2.90 bits per heavy atom. The second-order valence-electron chi connectivity index (χ2n) is 4.15. The maximum atomic E-state index is 7.52. The van der Waals surface area contributed by atoms with Crippen molar-refractivity contribution in [2.24, 2.45) is 5.73 Å². The van der Waals surface area contributed by atoms with Gasteiger partial charge in [-0.15, -0.1) is 0 Å². The molecule has 3 aromatic rings. The highest BCUT2D eigenvalue weighted by molar-refractivity contribution is 7.99. The number of benzene rings is 1. The van der Waals surface area contributed by atoms with E-state index >= 15 is 0 Å². The van der Waals surface area contributed by atoms with Gasteiger partial charge in [0.2, 0.25) is 0 Å². The maximum absolute atomic E-state index is 7.52. The van der Waals surface area contributed by atoms with E-state index in [4.69, 9.17) is 15.9 Å². The SMILES string of the molecule is COc1ccc2nc(Sc3nccnc3C(=N)N)[nH]c2c1. The first-order chi connectivity index (χ1) is 10.2. The number of nitrogens with two attached hydrogens (primary N) is 1. The summed E-state index contributed by atoms with van der Waals surface area (Å²) in [5.41, 5.74) is 7.54. The average Bonchev–Trinajstić information content (AvgIpc) is 2.88. The van der Waals surface area contributed by atoms with Crippen LogP contribution in [0, 0.1) is 5.41 Å². The third kappa shape index (κ3) is 2.65. The highest BCUT2D eigenvalue weighted by Crippen LogP contribution is 2.28. The molecule has 1 aromatic carbocycles. The van der Waals surface area contributed by atoms with Gasteiger partial charge in [-0.05, 0) is 23.9 Å². The highest BCUT2D eigenvalue weighted by atomic mass is 32.2. The molecule has 8 heteroatoms. The van der Waals surface area contributed by atoms with Crippen molar-refractivity contribution < 1.29 is 4.74 Å². The van der Waals surface area contributed by atoms with Crippen LogP contribution in [0.4, 0.5) is 0 Å². The molecule has 0 fully saturated rings. The molecule has 0 saturated heterocycles. The van der Waals surface area contributed by atoms with Crippen LogP contribution in [0.1, 0.15) is 5.69 Å². The minimum Gasteiger partial charge on any atom is -0.497 e. The molecule has 2 heterocycles. The van der Waals surface area contributed by atoms with Gasteiger partial charge in [0.15, 0.2) is 5.16 Å². The molecule has 3 rings (SSSR count). The first-order valence-electron chi connectivity index (χ1n) is 6.04. The molecule has 0 spiro atoms. The van der Waals surface area contributed by atoms with Crippen molar-refractivity contribution in [3.05, 3.63) is 36.3 Å². The molecular formula is C13H12N6OS. The second kappa shape index (κ2) is 5.41. The molecule has 0 bridgehead atoms. The molecule has 0 aliphatic rings. The molecule has 4 N–H and O–H groups in total. The summed E-state index contributed by atoms with van der Waals surface area (Å²) in [6.07, 6.45) is 3.06. The van der Waals surface area contributed by atoms with Crippen LogP contribution in [0.25, 0.3) is 11.0 Å². The Morgan fingerprint density at radius 1 is 1.33 bits per heavy atom. The van der Waals surface area contributed by atoms with Gasteiger partial charge < -0.3 is 15.5 Å². The number of ether oxygens (including phenoxy) is 1. The second-order valence-corrected chi connectivity index (χ2v) is 5.13. The fourth-order valence-electron chi connectivity index (χ4n) is 1.82. The van der Waals surface area contributed by atoms with Gasteiger partial charge in [-0.1, -0.05) is 0 Å². The van der Waals surface area contributed by atoms with Crippen molar-refractivity contribution in [3.63, 3.8) is 0 Å². The molecule has 0 aliphatic carbocycles. The van der Waals surface area contributed by atoms with Gasteiger partial charge in [0.05, 0.1) is 18.1 Å². The lowest BCUT2D eigenvalue weighted by Gasteiger charge is -2.02. The Labute approximate surface area is 124 Å². The van der Waals surface area contributed by atoms with Crippen LogP contribution < -0.4 is 10.5 Å². The zero-order chi connectivity index (χ0) is 14.8. The number of imidazole rings is 1. The highest BCUT2D eigenvalue weighted by Gasteiger charge is 2.12. The Bertz CT molecular complexity index is 815. The lowest BCUT2D eigenvalue weighted by Crippen LogP contribution is -2.15. The van der Waals surface area contributed by atoms with E-state index in [2.05, 4.69) is 19.9 Å². The van der Waals surface area contributed by atoms with Gasteiger partial charge in [0, 0.05) is 18.5 Å². The van der Waals surface area contributed by atoms with Gasteiger partial charge in [-0.3, -0.25) is 5.41 Å². The van der Waals surface area contributed by atoms with Crippen LogP contribution in [0.5, 0.6) is 5.75 Å². The first kappa shape index (κ1) is 13.4. The summed E-state index contributed by atoms with van der Waals surface area (Å²) in [7, 11) is 1.62. The van der Waals surface area contributed by atoms with Crippen LogP contribution in [-0.4, -0.2) is 32.9 Å². The molecule has 0 saturated carbocycles. The molecule has 0 unspecified atom stereocenters. The number of nitrogens with one attached hydrogen (secondary N) is 2. The van der Waals surface area contributed by atoms with Crippen LogP contribution in [-0.2, 0) is 0 Å². The third-order valence-corrected chi connectivity index (χ3v) is 3.66. The average molecular weight is 300 g/mol. The van der Waals surface area contributed by atoms with Crippen LogP contribution in [0.2, 0.25) is 0 Å². The molecule has 0 amide bonds. The predicted molar refractivity (Wildman–Crippen MR) is 79.8 cm³/mol. The summed E-state index contributed by atoms with van der Waals surface area (Å²) in [6, 6.07) is 5.59. The van der Waals surface area contributed by atoms with Crippen LogP contribution in [0.15, 0.2) is 40.8 Å². The number of aromatic nitrogens is 4. The Hall–Kier alpha value is -2.61. The first-order valence-corrected chi connectivity index (χ1v) is 6.86. The molecule has 0 atom stereocenters. The van der Waals surface area contributed by atoms with Crippen molar-refractivity contribution in [1.82, 2.24) is 19.9 Å². The number of fused-ring (bicyclic) bond motifs is 1. The molecule has 0 radical (unpaired) electrons. The standard InChI is InChI=1S/C13H12N6OS/c1-20-7-2-3-8-9(6-7)19-13(18-8)21-12-10(11(14)15)16-4-5-17-12/h2-6H,1H3,(H3,14,15)(H,18,19). The number of nitrogen functional groups attached to an aromatic ring is 1. The summed E-state index contributed by atoms with van der Waals surface area (Å²) in [5.74, 6) is 0.634. The number of H-pyrrole nitrogens is 1. The number of aromatic amines is 1. The van der Waals surface area contributed by atoms with Gasteiger partial charge >= 0.3 is 0 Å². The molecule has 21 heavy (non-hydrogen) atoms. The van der Waals surface area contributed by atoms with Gasteiger partial charge in [0.1, 0.15) is 22.3 Å². The van der Waals surface area contributed by atoms with E-state index in [9.17, 15) is 0 Å². The van der Waals surface area contributed by atoms with Crippen LogP contribution >= 0.6 is 11.8 Å². The molecule has 7 nitrogen and oxygen atoms in total. The normalized spacial score (nSPS) is 10.7. The minimum absolute atomic E-state index is 0.122. The number of rotatable bonds is 4. The van der Waals surface area contributed by atoms with Gasteiger partial charge in [-0.2, -0.15) is 0 Å². The predicted octanol–water partition coefficient (Wildman–Crippen LogP) is 1.80. The lowest BCUT2D eigenvalue weighted by molar-refractivity contribution is 0.415. The number of nitrogens with zero attached hydrogens (tertiary/aromatic N) is 3. The van der Waals surface area contributed by atoms with Gasteiger partial charge in [-0.25, -0.2) is 15.0 Å². The van der Waals surface area contributed by atoms with Gasteiger partial charge in [0.25, 0.3) is 0 Å². The van der Waals surface area contributed by atoms with Crippen molar-refractivity contribution in [2.45, 2.75) is 10.2 Å². The van der Waals surface area contributed by atoms with Crippen molar-refractivity contribution in [1.29, 1.82) is 5.41 Å². The number of methoxy groups -OCH3 is 1. The zero-order valence-corrected chi connectivity index (χ0v) is 11.9. The summed E-state index contributed by atoms with van der Waals surface area (Å²) < 4.78 is 5.18. The fourth-order valence-corrected chi connectivity index (χ4v) is 2.68. The quantitative estimate of drug-likeness (QED) is 0.500. The molecule has 106 valence electrons. The van der Waals surface area contributed by atoms with Crippen LogP contribution in [0.3, 0.4) is 0 Å². The Morgan fingerprint density at radius 2 is 2.14 bits per heavy atom. The summed E-state index contributed by atoms with van der Waals surface area (Å²) >= 11 is 1.28. The number of hydrogen-bond acceptors (Lipinski definition) is 6. The van der Waals surface area contributed by atoms with E-state index < -0.39 is 0 Å². The monoisotopic (exact) mass is 300 g/mol. The minimum atomic E-state index is -0.122. The Balaban J connectivity index is 1.97. The fraction of sp³-hybridized carbons (Fsp3) is 0.0769. The smallest absolute Gasteiger partial charge is 0.172 e. The maximum Gasteiger partial charge on any atom is 0.172 e. The van der Waals surface area contributed by atoms with E-state index in [1.54, 1.807) is 13.3 Å². The summed E-state index contributed by atoms with van der Waals surface area (Å²) in [4.78, 5) is 15.9. The van der Waals surface area contributed by atoms with Crippen molar-refractivity contribution >= 4 is 28.6 Å². The van der Waals surface area contributed by atoms with E-state index in [0.29, 0.717) is 15.9 Å². The largest absolute Gasteiger partial charge is 0.497 e. The Kier molecular flexibility index (Phi) is 3.44. The molecule has 2 aromatic heterocycles. The summed E-state index contributed by atoms with van der Waals surface area (Å²) in [5, 5.41) is 8.71. The lowest BCUT2D eigenvalue weighted by atomic mass is 10.3. The zero-order valence-electron chi connectivity index (χ0n) is 11.1. The molecular weight excluding hydrogens is 288 g/mol. The summed E-state index contributed by atoms with van der Waals surface area (Å²) in [6.45, 7) is 0. The topological polar surface area (TPSA) is 114 Å².